The molecule has 132 valence electrons. The molecule has 1 saturated carbocycles. The highest BCUT2D eigenvalue weighted by Crippen LogP contribution is 2.41. The van der Waals surface area contributed by atoms with Crippen LogP contribution in [0.2, 0.25) is 0 Å². The summed E-state index contributed by atoms with van der Waals surface area (Å²) in [5.41, 5.74) is 1.44. The zero-order valence-electron chi connectivity index (χ0n) is 13.8. The molecule has 0 saturated heterocycles. The van der Waals surface area contributed by atoms with E-state index in [1.165, 1.54) is 12.1 Å². The summed E-state index contributed by atoms with van der Waals surface area (Å²) in [5, 5.41) is 2.96. The lowest BCUT2D eigenvalue weighted by molar-refractivity contribution is -0.137. The molecule has 2 aromatic rings. The number of aromatic nitrogens is 1. The fraction of sp³-hybridized carbons (Fsp3) is 0.368. The van der Waals surface area contributed by atoms with Gasteiger partial charge in [0, 0.05) is 6.20 Å². The average molecular weight is 348 g/mol. The van der Waals surface area contributed by atoms with Crippen LogP contribution in [0.25, 0.3) is 0 Å². The summed E-state index contributed by atoms with van der Waals surface area (Å²) >= 11 is 0. The number of nitrogens with zero attached hydrogens (tertiary/aromatic N) is 1. The van der Waals surface area contributed by atoms with E-state index in [0.29, 0.717) is 11.5 Å². The Hall–Kier alpha value is -2.37. The highest BCUT2D eigenvalue weighted by molar-refractivity contribution is 5.79. The molecule has 1 aromatic carbocycles. The Morgan fingerprint density at radius 3 is 2.68 bits per heavy atom. The normalized spacial score (nSPS) is 15.7. The molecule has 0 bridgehead atoms. The van der Waals surface area contributed by atoms with Crippen molar-refractivity contribution in [1.29, 1.82) is 0 Å². The molecule has 0 radical (unpaired) electrons. The Balaban J connectivity index is 1.72. The van der Waals surface area contributed by atoms with Gasteiger partial charge in [-0.05, 0) is 48.9 Å². The maximum atomic E-state index is 12.8. The number of nitrogens with one attached hydrogen (secondary N) is 1. The maximum absolute atomic E-state index is 12.8. The number of benzene rings is 1. The van der Waals surface area contributed by atoms with Gasteiger partial charge in [-0.25, -0.2) is 0 Å². The van der Waals surface area contributed by atoms with Crippen molar-refractivity contribution in [3.63, 3.8) is 0 Å². The van der Waals surface area contributed by atoms with E-state index in [1.54, 1.807) is 6.20 Å². The molecule has 25 heavy (non-hydrogen) atoms. The summed E-state index contributed by atoms with van der Waals surface area (Å²) in [5.74, 6) is 0.0559. The molecule has 1 heterocycles. The summed E-state index contributed by atoms with van der Waals surface area (Å²) in [6.07, 6.45) is -0.765. The summed E-state index contributed by atoms with van der Waals surface area (Å²) in [6.45, 7) is 1.94. The largest absolute Gasteiger partial charge is 0.416 e. The van der Waals surface area contributed by atoms with Gasteiger partial charge in [-0.1, -0.05) is 24.3 Å². The van der Waals surface area contributed by atoms with Crippen molar-refractivity contribution in [3.05, 3.63) is 65.0 Å². The molecule has 1 aromatic heterocycles. The van der Waals surface area contributed by atoms with Crippen LogP contribution in [0, 0.1) is 12.8 Å². The Bertz CT molecular complexity index is 769. The number of alkyl halides is 3. The third-order valence-electron chi connectivity index (χ3n) is 4.37. The number of carbonyl (C=O) groups is 1. The molecular weight excluding hydrogens is 329 g/mol. The van der Waals surface area contributed by atoms with Crippen LogP contribution < -0.4 is 5.32 Å². The lowest BCUT2D eigenvalue weighted by Crippen LogP contribution is -2.32. The molecule has 1 aliphatic rings. The number of aryl methyl sites for hydroxylation is 1. The average Bonchev–Trinajstić information content (AvgIpc) is 3.38. The first kappa shape index (κ1) is 17.5. The molecule has 1 atom stereocenters. The zero-order chi connectivity index (χ0) is 18.0. The van der Waals surface area contributed by atoms with E-state index in [9.17, 15) is 18.0 Å². The molecule has 0 unspecified atom stereocenters. The van der Waals surface area contributed by atoms with Gasteiger partial charge in [-0.3, -0.25) is 9.78 Å². The molecule has 1 amide bonds. The van der Waals surface area contributed by atoms with Gasteiger partial charge in [0.05, 0.1) is 23.7 Å². The van der Waals surface area contributed by atoms with E-state index in [0.717, 1.165) is 36.2 Å². The van der Waals surface area contributed by atoms with Crippen LogP contribution in [0.5, 0.6) is 0 Å². The van der Waals surface area contributed by atoms with Gasteiger partial charge in [0.15, 0.2) is 0 Å². The SMILES string of the molecule is Cc1cccnc1[C@@H](NC(=O)Cc1cccc(C(F)(F)F)c1)C1CC1. The second kappa shape index (κ2) is 6.86. The smallest absolute Gasteiger partial charge is 0.347 e. The maximum Gasteiger partial charge on any atom is 0.416 e. The Kier molecular flexibility index (Phi) is 4.79. The van der Waals surface area contributed by atoms with Crippen molar-refractivity contribution in [2.75, 3.05) is 0 Å². The van der Waals surface area contributed by atoms with E-state index in [2.05, 4.69) is 10.3 Å². The second-order valence-corrected chi connectivity index (χ2v) is 6.46. The van der Waals surface area contributed by atoms with E-state index >= 15 is 0 Å². The predicted octanol–water partition coefficient (Wildman–Crippen LogP) is 4.22. The van der Waals surface area contributed by atoms with Crippen LogP contribution in [-0.4, -0.2) is 10.9 Å². The van der Waals surface area contributed by atoms with E-state index in [1.807, 2.05) is 19.1 Å². The monoisotopic (exact) mass is 348 g/mol. The Morgan fingerprint density at radius 2 is 2.04 bits per heavy atom. The lowest BCUT2D eigenvalue weighted by atomic mass is 10.0. The number of amides is 1. The summed E-state index contributed by atoms with van der Waals surface area (Å²) in [6, 6.07) is 8.49. The molecule has 3 nitrogen and oxygen atoms in total. The second-order valence-electron chi connectivity index (χ2n) is 6.46. The minimum Gasteiger partial charge on any atom is -0.347 e. The number of hydrogen-bond acceptors (Lipinski definition) is 2. The van der Waals surface area contributed by atoms with Gasteiger partial charge in [-0.2, -0.15) is 13.2 Å². The molecule has 3 rings (SSSR count). The van der Waals surface area contributed by atoms with Crippen LogP contribution in [-0.2, 0) is 17.4 Å². The standard InChI is InChI=1S/C19H19F3N2O/c1-12-4-3-9-23-17(12)18(14-7-8-14)24-16(25)11-13-5-2-6-15(10-13)19(20,21)22/h2-6,9-10,14,18H,7-8,11H2,1H3,(H,24,25)/t18-/m0/s1. The topological polar surface area (TPSA) is 42.0 Å². The first-order valence-corrected chi connectivity index (χ1v) is 8.21. The zero-order valence-corrected chi connectivity index (χ0v) is 13.8. The lowest BCUT2D eigenvalue weighted by Gasteiger charge is -2.19. The van der Waals surface area contributed by atoms with Crippen LogP contribution in [0.15, 0.2) is 42.6 Å². The van der Waals surface area contributed by atoms with Crippen molar-refractivity contribution in [1.82, 2.24) is 10.3 Å². The summed E-state index contributed by atoms with van der Waals surface area (Å²) in [4.78, 5) is 16.8. The van der Waals surface area contributed by atoms with Crippen LogP contribution >= 0.6 is 0 Å². The molecule has 1 aliphatic carbocycles. The van der Waals surface area contributed by atoms with Crippen molar-refractivity contribution in [2.24, 2.45) is 5.92 Å². The number of carbonyl (C=O) groups excluding carboxylic acids is 1. The Labute approximate surface area is 144 Å². The first-order valence-electron chi connectivity index (χ1n) is 8.21. The fourth-order valence-electron chi connectivity index (χ4n) is 2.93. The van der Waals surface area contributed by atoms with Crippen LogP contribution in [0.3, 0.4) is 0 Å². The molecule has 1 N–H and O–H groups in total. The molecule has 1 fully saturated rings. The van der Waals surface area contributed by atoms with Crippen molar-refractivity contribution < 1.29 is 18.0 Å². The van der Waals surface area contributed by atoms with E-state index in [-0.39, 0.29) is 18.4 Å². The van der Waals surface area contributed by atoms with Gasteiger partial charge in [0.25, 0.3) is 0 Å². The van der Waals surface area contributed by atoms with Gasteiger partial charge >= 0.3 is 6.18 Å². The third-order valence-corrected chi connectivity index (χ3v) is 4.37. The molecule has 0 aliphatic heterocycles. The highest BCUT2D eigenvalue weighted by Gasteiger charge is 2.35. The minimum atomic E-state index is -4.41. The Morgan fingerprint density at radius 1 is 1.28 bits per heavy atom. The number of rotatable bonds is 5. The number of halogens is 3. The van der Waals surface area contributed by atoms with Crippen molar-refractivity contribution >= 4 is 5.91 Å². The fourth-order valence-corrected chi connectivity index (χ4v) is 2.93. The van der Waals surface area contributed by atoms with Gasteiger partial charge in [-0.15, -0.1) is 0 Å². The van der Waals surface area contributed by atoms with E-state index < -0.39 is 11.7 Å². The van der Waals surface area contributed by atoms with E-state index in [4.69, 9.17) is 0 Å². The van der Waals surface area contributed by atoms with Crippen molar-refractivity contribution in [3.8, 4) is 0 Å². The first-order chi connectivity index (χ1) is 11.8. The highest BCUT2D eigenvalue weighted by atomic mass is 19.4. The van der Waals surface area contributed by atoms with Crippen LogP contribution in [0.1, 0.15) is 41.3 Å². The third kappa shape index (κ3) is 4.38. The predicted molar refractivity (Wildman–Crippen MR) is 87.7 cm³/mol. The quantitative estimate of drug-likeness (QED) is 0.879. The molecule has 0 spiro atoms. The number of hydrogen-bond donors (Lipinski definition) is 1. The summed E-state index contributed by atoms with van der Waals surface area (Å²) in [7, 11) is 0. The molecule has 6 heteroatoms. The van der Waals surface area contributed by atoms with Gasteiger partial charge in [0.2, 0.25) is 5.91 Å². The number of pyridine rings is 1. The molecular formula is C19H19F3N2O. The van der Waals surface area contributed by atoms with Crippen LogP contribution in [0.4, 0.5) is 13.2 Å². The minimum absolute atomic E-state index is 0.0843. The van der Waals surface area contributed by atoms with Crippen molar-refractivity contribution in [2.45, 2.75) is 38.4 Å². The summed E-state index contributed by atoms with van der Waals surface area (Å²) < 4.78 is 38.4. The van der Waals surface area contributed by atoms with Gasteiger partial charge < -0.3 is 5.32 Å². The van der Waals surface area contributed by atoms with Gasteiger partial charge in [0.1, 0.15) is 0 Å².